The van der Waals surface area contributed by atoms with E-state index in [9.17, 15) is 0 Å². The lowest BCUT2D eigenvalue weighted by atomic mass is 10.1. The molecule has 0 amide bonds. The Morgan fingerprint density at radius 1 is 1.29 bits per heavy atom. The predicted molar refractivity (Wildman–Crippen MR) is 72.2 cm³/mol. The van der Waals surface area contributed by atoms with E-state index in [1.807, 2.05) is 18.3 Å². The number of hydrogen-bond donors (Lipinski definition) is 1. The van der Waals surface area contributed by atoms with Crippen LogP contribution in [-0.4, -0.2) is 60.1 Å². The van der Waals surface area contributed by atoms with E-state index in [4.69, 9.17) is 0 Å². The quantitative estimate of drug-likeness (QED) is 0.910. The first-order valence-electron chi connectivity index (χ1n) is 6.13. The van der Waals surface area contributed by atoms with Gasteiger partial charge in [-0.3, -0.25) is 9.80 Å². The van der Waals surface area contributed by atoms with E-state index in [0.29, 0.717) is 6.04 Å². The molecule has 4 nitrogen and oxygen atoms in total. The van der Waals surface area contributed by atoms with Gasteiger partial charge in [-0.1, -0.05) is 0 Å². The molecule has 3 fully saturated rings. The topological polar surface area (TPSA) is 31.4 Å². The highest BCUT2D eigenvalue weighted by molar-refractivity contribution is 9.10. The number of anilines is 1. The summed E-state index contributed by atoms with van der Waals surface area (Å²) in [5.74, 6) is 0.964. The van der Waals surface area contributed by atoms with Gasteiger partial charge in [0.1, 0.15) is 5.82 Å². The summed E-state index contributed by atoms with van der Waals surface area (Å²) in [6.07, 6.45) is 1.83. The van der Waals surface area contributed by atoms with Crippen molar-refractivity contribution in [3.63, 3.8) is 0 Å². The third-order valence-electron chi connectivity index (χ3n) is 3.64. The Kier molecular flexibility index (Phi) is 3.31. The Labute approximate surface area is 110 Å². The van der Waals surface area contributed by atoms with Crippen LogP contribution in [0.2, 0.25) is 0 Å². The molecule has 3 saturated heterocycles. The van der Waals surface area contributed by atoms with Crippen LogP contribution < -0.4 is 5.32 Å². The van der Waals surface area contributed by atoms with E-state index in [1.165, 1.54) is 32.7 Å². The first kappa shape index (κ1) is 11.4. The van der Waals surface area contributed by atoms with Crippen molar-refractivity contribution in [2.75, 3.05) is 44.6 Å². The molecule has 0 aromatic carbocycles. The van der Waals surface area contributed by atoms with Crippen molar-refractivity contribution in [1.82, 2.24) is 14.8 Å². The van der Waals surface area contributed by atoms with Gasteiger partial charge in [-0.25, -0.2) is 4.98 Å². The lowest BCUT2D eigenvalue weighted by Gasteiger charge is -2.47. The van der Waals surface area contributed by atoms with Crippen molar-refractivity contribution >= 4 is 21.7 Å². The van der Waals surface area contributed by atoms with Gasteiger partial charge in [0.05, 0.1) is 0 Å². The van der Waals surface area contributed by atoms with E-state index >= 15 is 0 Å². The van der Waals surface area contributed by atoms with Crippen molar-refractivity contribution in [1.29, 1.82) is 0 Å². The van der Waals surface area contributed by atoms with Crippen LogP contribution in [0.1, 0.15) is 0 Å². The molecular weight excluding hydrogens is 280 g/mol. The molecule has 92 valence electrons. The maximum absolute atomic E-state index is 4.33. The lowest BCUT2D eigenvalue weighted by Crippen LogP contribution is -2.62. The average Bonchev–Trinajstić information content (AvgIpc) is 2.39. The molecule has 1 atom stereocenters. The number of nitrogens with zero attached hydrogens (tertiary/aromatic N) is 3. The van der Waals surface area contributed by atoms with Gasteiger partial charge in [-0.15, -0.1) is 0 Å². The van der Waals surface area contributed by atoms with Crippen LogP contribution in [-0.2, 0) is 0 Å². The van der Waals surface area contributed by atoms with E-state index in [2.05, 4.69) is 36.0 Å². The van der Waals surface area contributed by atoms with Crippen LogP contribution in [0.25, 0.3) is 0 Å². The molecule has 17 heavy (non-hydrogen) atoms. The van der Waals surface area contributed by atoms with Crippen LogP contribution in [0.5, 0.6) is 0 Å². The molecule has 4 rings (SSSR count). The second kappa shape index (κ2) is 4.92. The number of aromatic nitrogens is 1. The average molecular weight is 297 g/mol. The minimum atomic E-state index is 0.642. The minimum absolute atomic E-state index is 0.642. The van der Waals surface area contributed by atoms with E-state index in [1.54, 1.807) is 0 Å². The van der Waals surface area contributed by atoms with Gasteiger partial charge in [0, 0.05) is 56.0 Å². The van der Waals surface area contributed by atoms with E-state index in [-0.39, 0.29) is 0 Å². The van der Waals surface area contributed by atoms with Crippen molar-refractivity contribution in [3.8, 4) is 0 Å². The fraction of sp³-hybridized carbons (Fsp3) is 0.583. The van der Waals surface area contributed by atoms with Crippen molar-refractivity contribution in [3.05, 3.63) is 22.8 Å². The van der Waals surface area contributed by atoms with Gasteiger partial charge in [0.25, 0.3) is 0 Å². The van der Waals surface area contributed by atoms with Crippen LogP contribution >= 0.6 is 15.9 Å². The smallest absolute Gasteiger partial charge is 0.126 e. The summed E-state index contributed by atoms with van der Waals surface area (Å²) in [7, 11) is 0. The Morgan fingerprint density at radius 3 is 2.71 bits per heavy atom. The number of hydrogen-bond acceptors (Lipinski definition) is 4. The molecule has 4 heterocycles. The van der Waals surface area contributed by atoms with Gasteiger partial charge in [0.15, 0.2) is 0 Å². The van der Waals surface area contributed by atoms with Crippen molar-refractivity contribution < 1.29 is 0 Å². The summed E-state index contributed by atoms with van der Waals surface area (Å²) in [5.41, 5.74) is 0. The van der Waals surface area contributed by atoms with E-state index < -0.39 is 0 Å². The Hall–Kier alpha value is -0.650. The first-order chi connectivity index (χ1) is 8.31. The molecule has 0 spiro atoms. The second-order valence-corrected chi connectivity index (χ2v) is 5.65. The highest BCUT2D eigenvalue weighted by atomic mass is 79.9. The number of rotatable bonds is 3. The summed E-state index contributed by atoms with van der Waals surface area (Å²) in [6, 6.07) is 4.68. The molecule has 3 aliphatic heterocycles. The fourth-order valence-corrected chi connectivity index (χ4v) is 2.86. The fourth-order valence-electron chi connectivity index (χ4n) is 2.62. The third kappa shape index (κ3) is 2.61. The minimum Gasteiger partial charge on any atom is -0.368 e. The number of pyridine rings is 1. The predicted octanol–water partition coefficient (Wildman–Crippen LogP) is 1.26. The molecule has 2 bridgehead atoms. The highest BCUT2D eigenvalue weighted by Crippen LogP contribution is 2.16. The van der Waals surface area contributed by atoms with E-state index in [0.717, 1.165) is 16.8 Å². The van der Waals surface area contributed by atoms with Gasteiger partial charge >= 0.3 is 0 Å². The van der Waals surface area contributed by atoms with Crippen molar-refractivity contribution in [2.24, 2.45) is 0 Å². The zero-order valence-corrected chi connectivity index (χ0v) is 11.4. The summed E-state index contributed by atoms with van der Waals surface area (Å²) in [6.45, 7) is 7.12. The van der Waals surface area contributed by atoms with Gasteiger partial charge in [0.2, 0.25) is 0 Å². The van der Waals surface area contributed by atoms with Crippen molar-refractivity contribution in [2.45, 2.75) is 6.04 Å². The molecule has 1 N–H and O–H groups in total. The van der Waals surface area contributed by atoms with Crippen LogP contribution in [0.3, 0.4) is 0 Å². The summed E-state index contributed by atoms with van der Waals surface area (Å²) >= 11 is 3.39. The summed E-state index contributed by atoms with van der Waals surface area (Å²) in [4.78, 5) is 9.48. The molecule has 1 aromatic rings. The molecule has 5 heteroatoms. The molecule has 0 saturated carbocycles. The molecule has 0 aliphatic carbocycles. The number of piperazine rings is 3. The molecule has 1 aromatic heterocycles. The largest absolute Gasteiger partial charge is 0.368 e. The van der Waals surface area contributed by atoms with Crippen LogP contribution in [0.15, 0.2) is 22.8 Å². The SMILES string of the molecule is Brc1ccc(NCC2CN3CCN2CC3)nc1. The normalized spacial score (nSPS) is 31.5. The Morgan fingerprint density at radius 2 is 2.12 bits per heavy atom. The third-order valence-corrected chi connectivity index (χ3v) is 4.11. The number of fused-ring (bicyclic) bond motifs is 3. The lowest BCUT2D eigenvalue weighted by molar-refractivity contribution is 0.0189. The maximum Gasteiger partial charge on any atom is 0.126 e. The Balaban J connectivity index is 1.56. The van der Waals surface area contributed by atoms with Crippen LogP contribution in [0.4, 0.5) is 5.82 Å². The molecule has 3 aliphatic rings. The monoisotopic (exact) mass is 296 g/mol. The van der Waals surface area contributed by atoms with Gasteiger partial charge in [-0.05, 0) is 28.1 Å². The van der Waals surface area contributed by atoms with Crippen LogP contribution in [0, 0.1) is 0 Å². The molecule has 0 radical (unpaired) electrons. The summed E-state index contributed by atoms with van der Waals surface area (Å²) in [5, 5.41) is 3.43. The number of nitrogens with one attached hydrogen (secondary N) is 1. The standard InChI is InChI=1S/C12H17BrN4/c13-10-1-2-12(14-7-10)15-8-11-9-16-3-5-17(11)6-4-16/h1-2,7,11H,3-6,8-9H2,(H,14,15). The van der Waals surface area contributed by atoms with Gasteiger partial charge in [-0.2, -0.15) is 0 Å². The Bertz CT molecular complexity index is 373. The molecular formula is C12H17BrN4. The second-order valence-electron chi connectivity index (χ2n) is 4.73. The maximum atomic E-state index is 4.33. The zero-order valence-electron chi connectivity index (χ0n) is 9.77. The first-order valence-corrected chi connectivity index (χ1v) is 6.92. The zero-order chi connectivity index (χ0) is 11.7. The summed E-state index contributed by atoms with van der Waals surface area (Å²) < 4.78 is 1.02. The number of halogens is 1. The van der Waals surface area contributed by atoms with Gasteiger partial charge < -0.3 is 5.32 Å². The molecule has 1 unspecified atom stereocenters. The highest BCUT2D eigenvalue weighted by Gasteiger charge is 2.31.